The Morgan fingerprint density at radius 2 is 1.76 bits per heavy atom. The lowest BCUT2D eigenvalue weighted by Gasteiger charge is -2.11. The first-order chi connectivity index (χ1) is 15.8. The lowest BCUT2D eigenvalue weighted by atomic mass is 10.0. The number of imidazole rings is 1. The van der Waals surface area contributed by atoms with Gasteiger partial charge in [0.05, 0.1) is 24.4 Å². The number of nitrogens with zero attached hydrogens (tertiary/aromatic N) is 2. The molecule has 170 valence electrons. The summed E-state index contributed by atoms with van der Waals surface area (Å²) in [6, 6.07) is 17.9. The smallest absolute Gasteiger partial charge is 0.230 e. The van der Waals surface area contributed by atoms with Crippen molar-refractivity contribution >= 4 is 17.2 Å². The van der Waals surface area contributed by atoms with Crippen LogP contribution in [0.1, 0.15) is 36.2 Å². The van der Waals surface area contributed by atoms with Gasteiger partial charge >= 0.3 is 0 Å². The molecule has 1 amide bonds. The Hall–Kier alpha value is -3.60. The number of hydrogen-bond acceptors (Lipinski definition) is 3. The third kappa shape index (κ3) is 5.25. The summed E-state index contributed by atoms with van der Waals surface area (Å²) < 4.78 is 7.74. The zero-order valence-corrected chi connectivity index (χ0v) is 20.0. The first-order valence-corrected chi connectivity index (χ1v) is 11.4. The summed E-state index contributed by atoms with van der Waals surface area (Å²) in [7, 11) is 0. The van der Waals surface area contributed by atoms with Crippen LogP contribution in [0.15, 0.2) is 60.8 Å². The Morgan fingerprint density at radius 3 is 2.45 bits per heavy atom. The molecule has 0 spiro atoms. The number of carbonyl (C=O) groups excluding carboxylic acids is 1. The molecule has 0 saturated heterocycles. The highest BCUT2D eigenvalue weighted by atomic mass is 16.5. The van der Waals surface area contributed by atoms with Crippen LogP contribution in [0, 0.1) is 26.7 Å². The van der Waals surface area contributed by atoms with Gasteiger partial charge in [-0.25, -0.2) is 4.98 Å². The molecule has 0 unspecified atom stereocenters. The maximum atomic E-state index is 13.0. The molecule has 0 bridgehead atoms. The first kappa shape index (κ1) is 22.6. The van der Waals surface area contributed by atoms with Crippen LogP contribution in [0.2, 0.25) is 0 Å². The predicted molar refractivity (Wildman–Crippen MR) is 134 cm³/mol. The topological polar surface area (TPSA) is 55.6 Å². The molecule has 4 rings (SSSR count). The van der Waals surface area contributed by atoms with Crippen molar-refractivity contribution in [3.05, 3.63) is 83.2 Å². The van der Waals surface area contributed by atoms with Crippen LogP contribution in [0.25, 0.3) is 16.9 Å². The number of carbonyl (C=O) groups is 1. The SMILES string of the molecule is Cc1ccn2c(CC(=O)Nc3ccc(OCC(C)C)cc3)c(-c3ccc(C)c(C)c3)nc2c1. The van der Waals surface area contributed by atoms with Gasteiger partial charge in [0.1, 0.15) is 11.4 Å². The van der Waals surface area contributed by atoms with E-state index in [1.165, 1.54) is 11.1 Å². The van der Waals surface area contributed by atoms with E-state index >= 15 is 0 Å². The Labute approximate surface area is 195 Å². The van der Waals surface area contributed by atoms with Crippen molar-refractivity contribution in [2.45, 2.75) is 41.0 Å². The molecule has 0 radical (unpaired) electrons. The Kier molecular flexibility index (Phi) is 6.50. The van der Waals surface area contributed by atoms with E-state index in [1.807, 2.05) is 53.9 Å². The number of ether oxygens (including phenoxy) is 1. The summed E-state index contributed by atoms with van der Waals surface area (Å²) in [4.78, 5) is 17.9. The molecule has 0 atom stereocenters. The maximum absolute atomic E-state index is 13.0. The number of anilines is 1. The van der Waals surface area contributed by atoms with Crippen LogP contribution in [0.3, 0.4) is 0 Å². The third-order valence-electron chi connectivity index (χ3n) is 5.71. The number of benzene rings is 2. The number of rotatable bonds is 7. The van der Waals surface area contributed by atoms with Crippen LogP contribution in [-0.4, -0.2) is 21.9 Å². The highest BCUT2D eigenvalue weighted by Crippen LogP contribution is 2.27. The van der Waals surface area contributed by atoms with Gasteiger partial charge in [0.25, 0.3) is 0 Å². The Bertz CT molecular complexity index is 1290. The monoisotopic (exact) mass is 441 g/mol. The van der Waals surface area contributed by atoms with Crippen LogP contribution in [-0.2, 0) is 11.2 Å². The van der Waals surface area contributed by atoms with Gasteiger partial charge in [-0.15, -0.1) is 0 Å². The van der Waals surface area contributed by atoms with Crippen molar-refractivity contribution in [2.24, 2.45) is 5.92 Å². The van der Waals surface area contributed by atoms with Crippen LogP contribution < -0.4 is 10.1 Å². The van der Waals surface area contributed by atoms with Gasteiger partial charge in [-0.05, 0) is 85.8 Å². The number of aromatic nitrogens is 2. The summed E-state index contributed by atoms with van der Waals surface area (Å²) in [6.45, 7) is 11.1. The minimum Gasteiger partial charge on any atom is -0.493 e. The lowest BCUT2D eigenvalue weighted by molar-refractivity contribution is -0.115. The largest absolute Gasteiger partial charge is 0.493 e. The van der Waals surface area contributed by atoms with E-state index < -0.39 is 0 Å². The predicted octanol–water partition coefficient (Wildman–Crippen LogP) is 6.14. The molecule has 2 heterocycles. The first-order valence-electron chi connectivity index (χ1n) is 11.4. The molecule has 33 heavy (non-hydrogen) atoms. The van der Waals surface area contributed by atoms with Gasteiger partial charge in [-0.2, -0.15) is 0 Å². The molecule has 0 fully saturated rings. The minimum absolute atomic E-state index is 0.0849. The van der Waals surface area contributed by atoms with Crippen molar-refractivity contribution < 1.29 is 9.53 Å². The summed E-state index contributed by atoms with van der Waals surface area (Å²) in [6.07, 6.45) is 2.21. The Morgan fingerprint density at radius 1 is 1.00 bits per heavy atom. The second-order valence-electron chi connectivity index (χ2n) is 9.09. The summed E-state index contributed by atoms with van der Waals surface area (Å²) in [5.41, 5.74) is 7.91. The summed E-state index contributed by atoms with van der Waals surface area (Å²) in [5.74, 6) is 1.18. The van der Waals surface area contributed by atoms with Crippen molar-refractivity contribution in [3.63, 3.8) is 0 Å². The average Bonchev–Trinajstić information content (AvgIpc) is 3.12. The number of fused-ring (bicyclic) bond motifs is 1. The second kappa shape index (κ2) is 9.49. The number of hydrogen-bond donors (Lipinski definition) is 1. The molecule has 0 aliphatic carbocycles. The van der Waals surface area contributed by atoms with E-state index in [4.69, 9.17) is 9.72 Å². The van der Waals surface area contributed by atoms with E-state index in [1.54, 1.807) is 0 Å². The van der Waals surface area contributed by atoms with Gasteiger partial charge < -0.3 is 14.5 Å². The molecule has 0 aliphatic heterocycles. The standard InChI is InChI=1S/C28H31N3O2/c1-18(2)17-33-24-10-8-23(9-11-24)29-27(32)16-25-28(22-7-6-20(4)21(5)15-22)30-26-14-19(3)12-13-31(25)26/h6-15,18H,16-17H2,1-5H3,(H,29,32). The van der Waals surface area contributed by atoms with E-state index in [0.717, 1.165) is 39.6 Å². The second-order valence-corrected chi connectivity index (χ2v) is 9.09. The van der Waals surface area contributed by atoms with Crippen molar-refractivity contribution in [2.75, 3.05) is 11.9 Å². The normalized spacial score (nSPS) is 11.2. The zero-order chi connectivity index (χ0) is 23.5. The zero-order valence-electron chi connectivity index (χ0n) is 20.0. The van der Waals surface area contributed by atoms with Crippen LogP contribution in [0.4, 0.5) is 5.69 Å². The molecular formula is C28H31N3O2. The highest BCUT2D eigenvalue weighted by Gasteiger charge is 2.18. The van der Waals surface area contributed by atoms with Crippen molar-refractivity contribution in [1.29, 1.82) is 0 Å². The van der Waals surface area contributed by atoms with Gasteiger partial charge in [0.2, 0.25) is 5.91 Å². The number of amides is 1. The third-order valence-corrected chi connectivity index (χ3v) is 5.71. The van der Waals surface area contributed by atoms with Crippen LogP contribution >= 0.6 is 0 Å². The summed E-state index contributed by atoms with van der Waals surface area (Å²) >= 11 is 0. The van der Waals surface area contributed by atoms with Gasteiger partial charge in [0, 0.05) is 17.4 Å². The number of nitrogens with one attached hydrogen (secondary N) is 1. The van der Waals surface area contributed by atoms with Crippen LogP contribution in [0.5, 0.6) is 5.75 Å². The number of pyridine rings is 1. The minimum atomic E-state index is -0.0849. The van der Waals surface area contributed by atoms with E-state index in [9.17, 15) is 4.79 Å². The van der Waals surface area contributed by atoms with Gasteiger partial charge in [0.15, 0.2) is 0 Å². The molecule has 1 N–H and O–H groups in total. The molecule has 4 aromatic rings. The van der Waals surface area contributed by atoms with Gasteiger partial charge in [-0.3, -0.25) is 4.79 Å². The summed E-state index contributed by atoms with van der Waals surface area (Å²) in [5, 5.41) is 3.01. The number of aryl methyl sites for hydroxylation is 3. The maximum Gasteiger partial charge on any atom is 0.230 e. The Balaban J connectivity index is 1.59. The van der Waals surface area contributed by atoms with Gasteiger partial charge in [-0.1, -0.05) is 26.0 Å². The molecule has 5 nitrogen and oxygen atoms in total. The molecule has 0 aliphatic rings. The fourth-order valence-electron chi connectivity index (χ4n) is 3.74. The molecule has 5 heteroatoms. The molecule has 2 aromatic carbocycles. The fourth-order valence-corrected chi connectivity index (χ4v) is 3.74. The van der Waals surface area contributed by atoms with E-state index in [-0.39, 0.29) is 12.3 Å². The van der Waals surface area contributed by atoms with E-state index in [0.29, 0.717) is 12.5 Å². The van der Waals surface area contributed by atoms with E-state index in [2.05, 4.69) is 51.2 Å². The molecular weight excluding hydrogens is 410 g/mol. The van der Waals surface area contributed by atoms with Crippen molar-refractivity contribution in [1.82, 2.24) is 9.38 Å². The van der Waals surface area contributed by atoms with Crippen molar-refractivity contribution in [3.8, 4) is 17.0 Å². The molecule has 2 aromatic heterocycles. The average molecular weight is 442 g/mol. The highest BCUT2D eigenvalue weighted by molar-refractivity contribution is 5.93. The quantitative estimate of drug-likeness (QED) is 0.375. The lowest BCUT2D eigenvalue weighted by Crippen LogP contribution is -2.16. The molecule has 0 saturated carbocycles. The fraction of sp³-hybridized carbons (Fsp3) is 0.286.